The van der Waals surface area contributed by atoms with Crippen molar-refractivity contribution in [2.75, 3.05) is 0 Å². The zero-order valence-electron chi connectivity index (χ0n) is 16.2. The Hall–Kier alpha value is -2.62. The Balaban J connectivity index is 4.08. The van der Waals surface area contributed by atoms with Gasteiger partial charge in [0.1, 0.15) is 13.7 Å². The van der Waals surface area contributed by atoms with Crippen LogP contribution in [-0.2, 0) is 0 Å². The van der Waals surface area contributed by atoms with Gasteiger partial charge in [-0.25, -0.2) is 15.0 Å². The molecule has 0 aromatic carbocycles. The molecule has 0 aliphatic rings. The molecule has 4 nitrogen and oxygen atoms in total. The highest BCUT2D eigenvalue weighted by Gasteiger charge is 2.20. The molecule has 0 fully saturated rings. The van der Waals surface area contributed by atoms with Gasteiger partial charge in [-0.2, -0.15) is 0 Å². The number of allylic oxidation sites excluding steroid dienone is 2. The van der Waals surface area contributed by atoms with Crippen LogP contribution in [0.25, 0.3) is 18.2 Å². The van der Waals surface area contributed by atoms with Crippen LogP contribution in [0, 0.1) is 0 Å². The van der Waals surface area contributed by atoms with E-state index in [1.807, 2.05) is 45.3 Å². The molecule has 25 heavy (non-hydrogen) atoms. The van der Waals surface area contributed by atoms with Crippen molar-refractivity contribution in [3.8, 4) is 0 Å². The summed E-state index contributed by atoms with van der Waals surface area (Å²) in [7, 11) is 4.00. The van der Waals surface area contributed by atoms with Crippen LogP contribution in [0.1, 0.15) is 44.5 Å². The molecule has 0 aliphatic carbocycles. The normalized spacial score (nSPS) is 13.8. The van der Waals surface area contributed by atoms with Gasteiger partial charge in [0.2, 0.25) is 5.96 Å². The summed E-state index contributed by atoms with van der Waals surface area (Å²) in [6.45, 7) is 15.7. The van der Waals surface area contributed by atoms with Gasteiger partial charge in [-0.3, -0.25) is 4.57 Å². The van der Waals surface area contributed by atoms with Crippen LogP contribution >= 0.6 is 0 Å². The Labute approximate surface area is 153 Å². The maximum Gasteiger partial charge on any atom is 0.234 e. The largest absolute Gasteiger partial charge is 0.262 e. The predicted octanol–water partition coefficient (Wildman–Crippen LogP) is 3.28. The van der Waals surface area contributed by atoms with Crippen molar-refractivity contribution in [1.29, 1.82) is 0 Å². The predicted molar refractivity (Wildman–Crippen MR) is 120 cm³/mol. The second-order valence-corrected chi connectivity index (χ2v) is 5.62. The minimum absolute atomic E-state index is 0.558. The second kappa shape index (κ2) is 9.62. The fourth-order valence-electron chi connectivity index (χ4n) is 2.37. The average Bonchev–Trinajstić information content (AvgIpc) is 2.86. The topological polar surface area (TPSA) is 42.0 Å². The highest BCUT2D eigenvalue weighted by molar-refractivity contribution is 6.24. The lowest BCUT2D eigenvalue weighted by molar-refractivity contribution is 1.09. The van der Waals surface area contributed by atoms with Crippen LogP contribution in [0.3, 0.4) is 0 Å². The van der Waals surface area contributed by atoms with E-state index < -0.39 is 0 Å². The Bertz CT molecular complexity index is 802. The summed E-state index contributed by atoms with van der Waals surface area (Å²) in [6, 6.07) is 0. The molecule has 0 unspecified atom stereocenters. The van der Waals surface area contributed by atoms with E-state index in [1.54, 1.807) is 18.5 Å². The first-order chi connectivity index (χ1) is 11.9. The first-order valence-electron chi connectivity index (χ1n) is 8.32. The fourth-order valence-corrected chi connectivity index (χ4v) is 2.37. The van der Waals surface area contributed by atoms with E-state index in [9.17, 15) is 0 Å². The molecule has 0 atom stereocenters. The van der Waals surface area contributed by atoms with Gasteiger partial charge in [0.15, 0.2) is 7.85 Å². The Morgan fingerprint density at radius 1 is 1.04 bits per heavy atom. The molecular formula is C19H26B2N4. The van der Waals surface area contributed by atoms with E-state index >= 15 is 0 Å². The van der Waals surface area contributed by atoms with E-state index in [2.05, 4.69) is 49.0 Å². The van der Waals surface area contributed by atoms with Crippen molar-refractivity contribution in [2.24, 2.45) is 15.0 Å². The summed E-state index contributed by atoms with van der Waals surface area (Å²) >= 11 is 0. The second-order valence-electron chi connectivity index (χ2n) is 5.62. The number of rotatable bonds is 5. The molecule has 1 aromatic rings. The molecule has 6 heteroatoms. The molecule has 1 rings (SSSR count). The first-order valence-corrected chi connectivity index (χ1v) is 8.32. The minimum atomic E-state index is 0.558. The number of aromatic nitrogens is 1. The summed E-state index contributed by atoms with van der Waals surface area (Å²) in [5.74, 6) is 1.30. The molecule has 0 aliphatic heterocycles. The lowest BCUT2D eigenvalue weighted by Gasteiger charge is -2.10. The van der Waals surface area contributed by atoms with Crippen LogP contribution in [-0.4, -0.2) is 38.6 Å². The third kappa shape index (κ3) is 4.69. The van der Waals surface area contributed by atoms with Gasteiger partial charge in [0, 0.05) is 23.6 Å². The molecular weight excluding hydrogens is 306 g/mol. The highest BCUT2D eigenvalue weighted by Crippen LogP contribution is 2.33. The average molecular weight is 332 g/mol. The summed E-state index contributed by atoms with van der Waals surface area (Å²) < 4.78 is 1.95. The van der Waals surface area contributed by atoms with E-state index in [0.717, 1.165) is 33.7 Å². The van der Waals surface area contributed by atoms with E-state index in [0.29, 0.717) is 5.96 Å². The molecule has 0 saturated heterocycles. The fraction of sp³-hybridized carbons (Fsp3) is 0.211. The molecule has 1 heterocycles. The van der Waals surface area contributed by atoms with Crippen LogP contribution in [0.5, 0.6) is 0 Å². The summed E-state index contributed by atoms with van der Waals surface area (Å²) in [5.41, 5.74) is 4.86. The van der Waals surface area contributed by atoms with E-state index in [4.69, 9.17) is 0 Å². The molecule has 0 spiro atoms. The van der Waals surface area contributed by atoms with Gasteiger partial charge < -0.3 is 0 Å². The molecule has 0 amide bonds. The molecule has 128 valence electrons. The zero-order chi connectivity index (χ0) is 19.0. The number of hydrogen-bond acceptors (Lipinski definition) is 2. The van der Waals surface area contributed by atoms with Gasteiger partial charge in [-0.15, -0.1) is 5.47 Å². The summed E-state index contributed by atoms with van der Waals surface area (Å²) in [4.78, 5) is 13.7. The van der Waals surface area contributed by atoms with Crippen molar-refractivity contribution in [3.63, 3.8) is 0 Å². The van der Waals surface area contributed by atoms with E-state index in [1.165, 1.54) is 0 Å². The maximum absolute atomic E-state index is 4.66. The zero-order valence-corrected chi connectivity index (χ0v) is 16.2. The Kier molecular flexibility index (Phi) is 7.86. The van der Waals surface area contributed by atoms with Gasteiger partial charge >= 0.3 is 0 Å². The molecule has 0 saturated carbocycles. The van der Waals surface area contributed by atoms with Crippen LogP contribution in [0.4, 0.5) is 5.82 Å². The molecule has 0 radical (unpaired) electrons. The summed E-state index contributed by atoms with van der Waals surface area (Å²) in [5, 5.41) is 0. The lowest BCUT2D eigenvalue weighted by Crippen LogP contribution is -2.12. The van der Waals surface area contributed by atoms with E-state index in [-0.39, 0.29) is 0 Å². The van der Waals surface area contributed by atoms with Crippen molar-refractivity contribution in [3.05, 3.63) is 47.1 Å². The van der Waals surface area contributed by atoms with Crippen molar-refractivity contribution in [1.82, 2.24) is 4.57 Å². The third-order valence-electron chi connectivity index (χ3n) is 3.48. The molecule has 1 aromatic heterocycles. The Morgan fingerprint density at radius 2 is 1.68 bits per heavy atom. The Morgan fingerprint density at radius 3 is 2.12 bits per heavy atom. The SMILES string of the molecule is B/C(C)=C/c1c(C=C)c(C=C)c(/N=C\C)n1C(/N=C\C)=N/C(B)=C\C. The van der Waals surface area contributed by atoms with Crippen LogP contribution in [0.15, 0.2) is 45.3 Å². The van der Waals surface area contributed by atoms with Crippen molar-refractivity contribution in [2.45, 2.75) is 27.7 Å². The van der Waals surface area contributed by atoms with Gasteiger partial charge in [-0.1, -0.05) is 38.3 Å². The van der Waals surface area contributed by atoms with Gasteiger partial charge in [0.25, 0.3) is 0 Å². The number of aliphatic imine (C=N–C) groups is 3. The van der Waals surface area contributed by atoms with Crippen LogP contribution < -0.4 is 0 Å². The third-order valence-corrected chi connectivity index (χ3v) is 3.48. The number of nitrogens with zero attached hydrogens (tertiary/aromatic N) is 4. The minimum Gasteiger partial charge on any atom is -0.262 e. The lowest BCUT2D eigenvalue weighted by atomic mass is 9.95. The van der Waals surface area contributed by atoms with Crippen LogP contribution in [0.2, 0.25) is 0 Å². The van der Waals surface area contributed by atoms with Crippen molar-refractivity contribution < 1.29 is 0 Å². The smallest absolute Gasteiger partial charge is 0.234 e. The molecule has 0 N–H and O–H groups in total. The van der Waals surface area contributed by atoms with Gasteiger partial charge in [-0.05, 0) is 32.4 Å². The van der Waals surface area contributed by atoms with Gasteiger partial charge in [0.05, 0.1) is 5.69 Å². The standard InChI is InChI=1S/C19H26B2N4/c1-7-14-15(8-2)18(22-10-4)25(16(14)12-13(6)20)19(23-11-5)24-17(21)9-3/h7-12H,1-2,20-21H2,3-6H3/b13-12+,17-9-,22-10-,23-11-,24-19+. The maximum atomic E-state index is 4.66. The van der Waals surface area contributed by atoms with Crippen molar-refractivity contribution >= 4 is 58.1 Å². The number of hydrogen-bond donors (Lipinski definition) is 0. The summed E-state index contributed by atoms with van der Waals surface area (Å²) in [6.07, 6.45) is 11.1. The molecule has 0 bridgehead atoms. The first kappa shape index (κ1) is 20.4. The quantitative estimate of drug-likeness (QED) is 0.451. The highest BCUT2D eigenvalue weighted by atomic mass is 15.2. The monoisotopic (exact) mass is 332 g/mol.